The van der Waals surface area contributed by atoms with Crippen molar-refractivity contribution >= 4 is 18.0 Å². The van der Waals surface area contributed by atoms with Crippen molar-refractivity contribution < 1.29 is 24.2 Å². The molecule has 2 aliphatic rings. The van der Waals surface area contributed by atoms with Crippen molar-refractivity contribution in [2.24, 2.45) is 11.8 Å². The van der Waals surface area contributed by atoms with E-state index in [1.165, 1.54) is 11.1 Å². The van der Waals surface area contributed by atoms with Crippen LogP contribution in [0.3, 0.4) is 0 Å². The molecule has 2 aliphatic carbocycles. The fourth-order valence-electron chi connectivity index (χ4n) is 5.19. The Labute approximate surface area is 199 Å². The minimum atomic E-state index is -0.807. The molecule has 0 radical (unpaired) electrons. The standard InChI is InChI=1S/C27H32N2O5/c1-2-7-18(25(30)29-19-13-12-17(14-19)26(31)32)15-28-27(33)34-16-24-22-10-5-3-8-20(22)21-9-4-6-11-23(21)24/h3-6,8-11,17-19,24H,2,7,12-16H2,1H3,(H,28,33)(H,29,30)(H,31,32)/t17-,18?,19+/m0/s1. The maximum absolute atomic E-state index is 12.8. The molecule has 34 heavy (non-hydrogen) atoms. The zero-order valence-electron chi connectivity index (χ0n) is 19.5. The van der Waals surface area contributed by atoms with Gasteiger partial charge in [0.25, 0.3) is 0 Å². The van der Waals surface area contributed by atoms with Crippen LogP contribution in [0.15, 0.2) is 48.5 Å². The summed E-state index contributed by atoms with van der Waals surface area (Å²) in [6.07, 6.45) is 2.59. The summed E-state index contributed by atoms with van der Waals surface area (Å²) in [5.74, 6) is -1.74. The lowest BCUT2D eigenvalue weighted by Crippen LogP contribution is -2.42. The van der Waals surface area contributed by atoms with E-state index in [9.17, 15) is 14.4 Å². The molecule has 7 heteroatoms. The second-order valence-corrected chi connectivity index (χ2v) is 9.25. The van der Waals surface area contributed by atoms with Crippen molar-refractivity contribution in [3.05, 3.63) is 59.7 Å². The highest BCUT2D eigenvalue weighted by molar-refractivity contribution is 5.81. The fourth-order valence-corrected chi connectivity index (χ4v) is 5.19. The highest BCUT2D eigenvalue weighted by Gasteiger charge is 2.32. The average Bonchev–Trinajstić information content (AvgIpc) is 3.43. The summed E-state index contributed by atoms with van der Waals surface area (Å²) >= 11 is 0. The summed E-state index contributed by atoms with van der Waals surface area (Å²) in [5.41, 5.74) is 4.64. The second-order valence-electron chi connectivity index (χ2n) is 9.25. The predicted octanol–water partition coefficient (Wildman–Crippen LogP) is 4.31. The highest BCUT2D eigenvalue weighted by atomic mass is 16.5. The van der Waals surface area contributed by atoms with Crippen LogP contribution in [-0.4, -0.2) is 42.3 Å². The number of carbonyl (C=O) groups is 3. The number of carboxylic acid groups (broad SMARTS) is 1. The number of ether oxygens (including phenoxy) is 1. The van der Waals surface area contributed by atoms with Gasteiger partial charge in [0, 0.05) is 18.5 Å². The zero-order valence-corrected chi connectivity index (χ0v) is 19.5. The van der Waals surface area contributed by atoms with Crippen LogP contribution in [0.2, 0.25) is 0 Å². The minimum absolute atomic E-state index is 0.0163. The fraction of sp³-hybridized carbons (Fsp3) is 0.444. The Kier molecular flexibility index (Phi) is 7.50. The normalized spacial score (nSPS) is 19.7. The molecule has 0 spiro atoms. The Morgan fingerprint density at radius 1 is 1.03 bits per heavy atom. The van der Waals surface area contributed by atoms with E-state index in [0.29, 0.717) is 25.7 Å². The number of carboxylic acids is 1. The Balaban J connectivity index is 1.29. The molecule has 0 saturated heterocycles. The minimum Gasteiger partial charge on any atom is -0.481 e. The molecule has 0 bridgehead atoms. The number of nitrogens with one attached hydrogen (secondary N) is 2. The van der Waals surface area contributed by atoms with Crippen LogP contribution in [0, 0.1) is 11.8 Å². The monoisotopic (exact) mass is 464 g/mol. The first kappa shape index (κ1) is 23.8. The van der Waals surface area contributed by atoms with Crippen LogP contribution in [0.4, 0.5) is 4.79 Å². The second kappa shape index (κ2) is 10.7. The van der Waals surface area contributed by atoms with Gasteiger partial charge in [0.15, 0.2) is 0 Å². The van der Waals surface area contributed by atoms with Crippen molar-refractivity contribution in [2.45, 2.75) is 51.0 Å². The summed E-state index contributed by atoms with van der Waals surface area (Å²) < 4.78 is 5.57. The Morgan fingerprint density at radius 3 is 2.26 bits per heavy atom. The third-order valence-corrected chi connectivity index (χ3v) is 6.97. The highest BCUT2D eigenvalue weighted by Crippen LogP contribution is 2.44. The van der Waals surface area contributed by atoms with Gasteiger partial charge in [-0.05, 0) is 47.9 Å². The first-order chi connectivity index (χ1) is 16.5. The average molecular weight is 465 g/mol. The third-order valence-electron chi connectivity index (χ3n) is 6.97. The van der Waals surface area contributed by atoms with Gasteiger partial charge in [-0.3, -0.25) is 9.59 Å². The number of alkyl carbamates (subject to hydrolysis) is 1. The SMILES string of the molecule is CCCC(CNC(=O)OCC1c2ccccc2-c2ccccc21)C(=O)N[C@@H]1CC[C@H](C(=O)O)C1. The Morgan fingerprint density at radius 2 is 1.68 bits per heavy atom. The number of carbonyl (C=O) groups excluding carboxylic acids is 2. The van der Waals surface area contributed by atoms with Gasteiger partial charge in [-0.1, -0.05) is 61.9 Å². The molecule has 1 saturated carbocycles. The predicted molar refractivity (Wildman–Crippen MR) is 128 cm³/mol. The van der Waals surface area contributed by atoms with Crippen LogP contribution in [0.5, 0.6) is 0 Å². The molecule has 7 nitrogen and oxygen atoms in total. The van der Waals surface area contributed by atoms with E-state index < -0.39 is 18.0 Å². The van der Waals surface area contributed by atoms with Gasteiger partial charge in [0.2, 0.25) is 5.91 Å². The van der Waals surface area contributed by atoms with Crippen LogP contribution < -0.4 is 10.6 Å². The molecule has 4 rings (SSSR count). The number of fused-ring (bicyclic) bond motifs is 3. The molecule has 180 valence electrons. The number of rotatable bonds is 9. The molecule has 2 amide bonds. The number of amides is 2. The van der Waals surface area contributed by atoms with Crippen molar-refractivity contribution in [1.82, 2.24) is 10.6 Å². The summed E-state index contributed by atoms with van der Waals surface area (Å²) in [5, 5.41) is 14.9. The maximum atomic E-state index is 12.8. The molecule has 0 aliphatic heterocycles. The van der Waals surface area contributed by atoms with E-state index in [-0.39, 0.29) is 36.9 Å². The van der Waals surface area contributed by atoms with Gasteiger partial charge < -0.3 is 20.5 Å². The van der Waals surface area contributed by atoms with Gasteiger partial charge in [-0.2, -0.15) is 0 Å². The van der Waals surface area contributed by atoms with Gasteiger partial charge >= 0.3 is 12.1 Å². The topological polar surface area (TPSA) is 105 Å². The van der Waals surface area contributed by atoms with E-state index in [0.717, 1.165) is 17.5 Å². The van der Waals surface area contributed by atoms with Crippen LogP contribution >= 0.6 is 0 Å². The molecule has 3 N–H and O–H groups in total. The summed E-state index contributed by atoms with van der Waals surface area (Å²) in [6.45, 7) is 2.40. The molecule has 3 atom stereocenters. The number of hydrogen-bond donors (Lipinski definition) is 3. The first-order valence-corrected chi connectivity index (χ1v) is 12.1. The van der Waals surface area contributed by atoms with E-state index in [1.807, 2.05) is 31.2 Å². The molecule has 1 fully saturated rings. The first-order valence-electron chi connectivity index (χ1n) is 12.1. The summed E-state index contributed by atoms with van der Waals surface area (Å²) in [7, 11) is 0. The Bertz CT molecular complexity index is 1010. The van der Waals surface area contributed by atoms with E-state index in [4.69, 9.17) is 9.84 Å². The summed E-state index contributed by atoms with van der Waals surface area (Å²) in [4.78, 5) is 36.4. The number of hydrogen-bond acceptors (Lipinski definition) is 4. The molecular formula is C27H32N2O5. The van der Waals surface area contributed by atoms with E-state index in [1.54, 1.807) is 0 Å². The maximum Gasteiger partial charge on any atom is 0.407 e. The summed E-state index contributed by atoms with van der Waals surface area (Å²) in [6, 6.07) is 16.2. The van der Waals surface area contributed by atoms with Crippen molar-refractivity contribution in [3.63, 3.8) is 0 Å². The van der Waals surface area contributed by atoms with Gasteiger partial charge in [-0.15, -0.1) is 0 Å². The molecular weight excluding hydrogens is 432 g/mol. The van der Waals surface area contributed by atoms with Crippen molar-refractivity contribution in [1.29, 1.82) is 0 Å². The molecule has 0 aromatic heterocycles. The molecule has 0 heterocycles. The van der Waals surface area contributed by atoms with Crippen LogP contribution in [0.25, 0.3) is 11.1 Å². The van der Waals surface area contributed by atoms with Crippen molar-refractivity contribution in [3.8, 4) is 11.1 Å². The Hall–Kier alpha value is -3.35. The third kappa shape index (κ3) is 5.24. The van der Waals surface area contributed by atoms with Crippen LogP contribution in [0.1, 0.15) is 56.1 Å². The smallest absolute Gasteiger partial charge is 0.407 e. The number of benzene rings is 2. The van der Waals surface area contributed by atoms with E-state index in [2.05, 4.69) is 34.9 Å². The molecule has 2 aromatic carbocycles. The molecule has 2 aromatic rings. The zero-order chi connectivity index (χ0) is 24.1. The van der Waals surface area contributed by atoms with Gasteiger partial charge in [0.1, 0.15) is 6.61 Å². The molecule has 1 unspecified atom stereocenters. The van der Waals surface area contributed by atoms with Gasteiger partial charge in [0.05, 0.1) is 11.8 Å². The van der Waals surface area contributed by atoms with Gasteiger partial charge in [-0.25, -0.2) is 4.79 Å². The number of aliphatic carboxylic acids is 1. The van der Waals surface area contributed by atoms with Crippen molar-refractivity contribution in [2.75, 3.05) is 13.2 Å². The van der Waals surface area contributed by atoms with Crippen LogP contribution in [-0.2, 0) is 14.3 Å². The lowest BCUT2D eigenvalue weighted by atomic mass is 9.98. The van der Waals surface area contributed by atoms with E-state index >= 15 is 0 Å². The largest absolute Gasteiger partial charge is 0.481 e. The quantitative estimate of drug-likeness (QED) is 0.513. The lowest BCUT2D eigenvalue weighted by Gasteiger charge is -2.20. The lowest BCUT2D eigenvalue weighted by molar-refractivity contribution is -0.141.